The first kappa shape index (κ1) is 17.6. The second-order valence-corrected chi connectivity index (χ2v) is 6.84. The second kappa shape index (κ2) is 8.77. The SMILES string of the molecule is C[C@H](CN1C(=O)CC[C@@H]1CCNCc1ccccn1)c1ccccc1. The summed E-state index contributed by atoms with van der Waals surface area (Å²) in [5.74, 6) is 0.671. The van der Waals surface area contributed by atoms with Crippen molar-refractivity contribution in [3.8, 4) is 0 Å². The Bertz CT molecular complexity index is 659. The number of hydrogen-bond acceptors (Lipinski definition) is 3. The van der Waals surface area contributed by atoms with Crippen LogP contribution in [0.5, 0.6) is 0 Å². The van der Waals surface area contributed by atoms with E-state index in [-0.39, 0.29) is 0 Å². The van der Waals surface area contributed by atoms with Crippen molar-refractivity contribution in [2.24, 2.45) is 0 Å². The molecule has 25 heavy (non-hydrogen) atoms. The Hall–Kier alpha value is -2.20. The molecular weight excluding hydrogens is 310 g/mol. The number of pyridine rings is 1. The van der Waals surface area contributed by atoms with Crippen molar-refractivity contribution in [1.29, 1.82) is 0 Å². The average molecular weight is 337 g/mol. The number of likely N-dealkylation sites (tertiary alicyclic amines) is 1. The number of benzene rings is 1. The zero-order valence-electron chi connectivity index (χ0n) is 14.9. The standard InChI is InChI=1S/C21H27N3O/c1-17(18-7-3-2-4-8-18)16-24-20(10-11-21(24)25)12-14-22-15-19-9-5-6-13-23-19/h2-9,13,17,20,22H,10-12,14-16H2,1H3/t17-,20-/m1/s1. The Balaban J connectivity index is 1.48. The maximum atomic E-state index is 12.3. The van der Waals surface area contributed by atoms with Gasteiger partial charge in [-0.2, -0.15) is 0 Å². The highest BCUT2D eigenvalue weighted by Gasteiger charge is 2.31. The monoisotopic (exact) mass is 337 g/mol. The number of carbonyl (C=O) groups is 1. The van der Waals surface area contributed by atoms with Gasteiger partial charge in [0.05, 0.1) is 5.69 Å². The summed E-state index contributed by atoms with van der Waals surface area (Å²) in [6.45, 7) is 4.71. The zero-order chi connectivity index (χ0) is 17.5. The molecule has 0 unspecified atom stereocenters. The summed E-state index contributed by atoms with van der Waals surface area (Å²) in [5.41, 5.74) is 2.36. The van der Waals surface area contributed by atoms with Crippen LogP contribution in [0.25, 0.3) is 0 Å². The predicted molar refractivity (Wildman–Crippen MR) is 100 cm³/mol. The largest absolute Gasteiger partial charge is 0.339 e. The predicted octanol–water partition coefficient (Wildman–Crippen LogP) is 3.36. The van der Waals surface area contributed by atoms with Crippen molar-refractivity contribution < 1.29 is 4.79 Å². The van der Waals surface area contributed by atoms with E-state index < -0.39 is 0 Å². The third kappa shape index (κ3) is 4.89. The van der Waals surface area contributed by atoms with Crippen LogP contribution in [0.3, 0.4) is 0 Å². The first-order valence-electron chi connectivity index (χ1n) is 9.19. The van der Waals surface area contributed by atoms with Gasteiger partial charge in [-0.15, -0.1) is 0 Å². The van der Waals surface area contributed by atoms with Gasteiger partial charge >= 0.3 is 0 Å². The molecule has 0 bridgehead atoms. The molecular formula is C21H27N3O. The highest BCUT2D eigenvalue weighted by molar-refractivity contribution is 5.78. The first-order chi connectivity index (χ1) is 12.2. The molecule has 1 amide bonds. The van der Waals surface area contributed by atoms with E-state index in [1.54, 1.807) is 0 Å². The van der Waals surface area contributed by atoms with E-state index >= 15 is 0 Å². The smallest absolute Gasteiger partial charge is 0.222 e. The third-order valence-electron chi connectivity index (χ3n) is 4.98. The maximum absolute atomic E-state index is 12.3. The number of amides is 1. The average Bonchev–Trinajstić information content (AvgIpc) is 3.00. The molecule has 0 radical (unpaired) electrons. The maximum Gasteiger partial charge on any atom is 0.222 e. The lowest BCUT2D eigenvalue weighted by molar-refractivity contribution is -0.129. The molecule has 2 aromatic rings. The van der Waals surface area contributed by atoms with Gasteiger partial charge in [0.1, 0.15) is 0 Å². The van der Waals surface area contributed by atoms with Crippen LogP contribution in [0.2, 0.25) is 0 Å². The lowest BCUT2D eigenvalue weighted by Crippen LogP contribution is -2.37. The summed E-state index contributed by atoms with van der Waals surface area (Å²) in [5, 5.41) is 3.45. The van der Waals surface area contributed by atoms with Gasteiger partial charge in [-0.1, -0.05) is 43.3 Å². The second-order valence-electron chi connectivity index (χ2n) is 6.84. The van der Waals surface area contributed by atoms with Crippen LogP contribution in [0.1, 0.15) is 43.4 Å². The number of carbonyl (C=O) groups excluding carboxylic acids is 1. The summed E-state index contributed by atoms with van der Waals surface area (Å²) in [7, 11) is 0. The molecule has 4 nitrogen and oxygen atoms in total. The van der Waals surface area contributed by atoms with Gasteiger partial charge < -0.3 is 10.2 Å². The van der Waals surface area contributed by atoms with Crippen molar-refractivity contribution in [2.75, 3.05) is 13.1 Å². The highest BCUT2D eigenvalue weighted by atomic mass is 16.2. The van der Waals surface area contributed by atoms with Gasteiger partial charge in [-0.05, 0) is 43.0 Å². The number of nitrogens with zero attached hydrogens (tertiary/aromatic N) is 2. The summed E-state index contributed by atoms with van der Waals surface area (Å²) in [6.07, 6.45) is 4.48. The fourth-order valence-corrected chi connectivity index (χ4v) is 3.51. The Morgan fingerprint density at radius 2 is 2.00 bits per heavy atom. The van der Waals surface area contributed by atoms with Crippen molar-refractivity contribution in [3.63, 3.8) is 0 Å². The van der Waals surface area contributed by atoms with Crippen LogP contribution < -0.4 is 5.32 Å². The van der Waals surface area contributed by atoms with E-state index in [1.807, 2.05) is 30.5 Å². The highest BCUT2D eigenvalue weighted by Crippen LogP contribution is 2.25. The zero-order valence-corrected chi connectivity index (χ0v) is 14.9. The van der Waals surface area contributed by atoms with E-state index in [1.165, 1.54) is 5.56 Å². The van der Waals surface area contributed by atoms with Crippen molar-refractivity contribution in [1.82, 2.24) is 15.2 Å². The molecule has 1 aliphatic rings. The Morgan fingerprint density at radius 3 is 2.76 bits per heavy atom. The minimum atomic E-state index is 0.303. The van der Waals surface area contributed by atoms with E-state index in [0.29, 0.717) is 24.3 Å². The molecule has 3 rings (SSSR count). The molecule has 1 saturated heterocycles. The van der Waals surface area contributed by atoms with Crippen LogP contribution in [0, 0.1) is 0 Å². The van der Waals surface area contributed by atoms with Gasteiger partial charge in [0.25, 0.3) is 0 Å². The van der Waals surface area contributed by atoms with Gasteiger partial charge in [0.2, 0.25) is 5.91 Å². The molecule has 4 heteroatoms. The minimum absolute atomic E-state index is 0.303. The quantitative estimate of drug-likeness (QED) is 0.751. The molecule has 0 aliphatic carbocycles. The molecule has 2 heterocycles. The van der Waals surface area contributed by atoms with Crippen molar-refractivity contribution in [2.45, 2.75) is 44.7 Å². The van der Waals surface area contributed by atoms with Crippen LogP contribution in [-0.4, -0.2) is 34.9 Å². The van der Waals surface area contributed by atoms with Crippen LogP contribution >= 0.6 is 0 Å². The Morgan fingerprint density at radius 1 is 1.20 bits per heavy atom. The van der Waals surface area contributed by atoms with E-state index in [4.69, 9.17) is 0 Å². The lowest BCUT2D eigenvalue weighted by atomic mass is 10.00. The molecule has 0 spiro atoms. The van der Waals surface area contributed by atoms with Crippen LogP contribution in [0.15, 0.2) is 54.7 Å². The Kier molecular flexibility index (Phi) is 6.18. The van der Waals surface area contributed by atoms with Crippen LogP contribution in [0.4, 0.5) is 0 Å². The molecule has 0 saturated carbocycles. The fraction of sp³-hybridized carbons (Fsp3) is 0.429. The minimum Gasteiger partial charge on any atom is -0.339 e. The molecule has 1 aromatic heterocycles. The molecule has 1 aromatic carbocycles. The van der Waals surface area contributed by atoms with Gasteiger partial charge in [-0.3, -0.25) is 9.78 Å². The van der Waals surface area contributed by atoms with Crippen molar-refractivity contribution >= 4 is 5.91 Å². The van der Waals surface area contributed by atoms with Gasteiger partial charge in [-0.25, -0.2) is 0 Å². The lowest BCUT2D eigenvalue weighted by Gasteiger charge is -2.28. The van der Waals surface area contributed by atoms with Crippen LogP contribution in [-0.2, 0) is 11.3 Å². The summed E-state index contributed by atoms with van der Waals surface area (Å²) >= 11 is 0. The molecule has 1 N–H and O–H groups in total. The Labute approximate surface area is 150 Å². The molecule has 1 fully saturated rings. The molecule has 2 atom stereocenters. The number of hydrogen-bond donors (Lipinski definition) is 1. The number of nitrogens with one attached hydrogen (secondary N) is 1. The van der Waals surface area contributed by atoms with E-state index in [0.717, 1.165) is 38.2 Å². The van der Waals surface area contributed by atoms with Gasteiger partial charge in [0, 0.05) is 31.7 Å². The number of rotatable bonds is 8. The van der Waals surface area contributed by atoms with E-state index in [2.05, 4.69) is 46.4 Å². The third-order valence-corrected chi connectivity index (χ3v) is 4.98. The van der Waals surface area contributed by atoms with Gasteiger partial charge in [0.15, 0.2) is 0 Å². The topological polar surface area (TPSA) is 45.2 Å². The summed E-state index contributed by atoms with van der Waals surface area (Å²) in [6, 6.07) is 16.8. The van der Waals surface area contributed by atoms with Crippen molar-refractivity contribution in [3.05, 3.63) is 66.0 Å². The normalized spacial score (nSPS) is 18.5. The summed E-state index contributed by atoms with van der Waals surface area (Å²) in [4.78, 5) is 18.7. The number of aromatic nitrogens is 1. The fourth-order valence-electron chi connectivity index (χ4n) is 3.51. The van der Waals surface area contributed by atoms with E-state index in [9.17, 15) is 4.79 Å². The summed E-state index contributed by atoms with van der Waals surface area (Å²) < 4.78 is 0. The molecule has 1 aliphatic heterocycles. The first-order valence-corrected chi connectivity index (χ1v) is 9.19. The molecule has 132 valence electrons.